The molecule has 0 aromatic rings. The first kappa shape index (κ1) is 24.0. The second-order valence-electron chi connectivity index (χ2n) is 9.73. The Bertz CT molecular complexity index is 642. The van der Waals surface area contributed by atoms with Crippen molar-refractivity contribution < 1.29 is 28.6 Å². The quantitative estimate of drug-likeness (QED) is 0.313. The average molecular weight is 438 g/mol. The highest BCUT2D eigenvalue weighted by Gasteiger charge is 2.45. The summed E-state index contributed by atoms with van der Waals surface area (Å²) in [5, 5.41) is 4.22. The molecule has 0 amide bonds. The number of oxime groups is 1. The summed E-state index contributed by atoms with van der Waals surface area (Å²) in [6.07, 6.45) is 7.66. The molecule has 2 saturated carbocycles. The molecule has 0 spiro atoms. The minimum Gasteiger partial charge on any atom is -0.461 e. The van der Waals surface area contributed by atoms with Crippen LogP contribution in [0.4, 0.5) is 0 Å². The first-order chi connectivity index (χ1) is 14.9. The van der Waals surface area contributed by atoms with Crippen LogP contribution in [0.15, 0.2) is 5.16 Å². The van der Waals surface area contributed by atoms with Gasteiger partial charge in [-0.2, -0.15) is 0 Å². The fourth-order valence-corrected chi connectivity index (χ4v) is 5.09. The van der Waals surface area contributed by atoms with Gasteiger partial charge in [-0.3, -0.25) is 4.79 Å². The van der Waals surface area contributed by atoms with Crippen LogP contribution in [0, 0.1) is 23.7 Å². The Morgan fingerprint density at radius 1 is 1.16 bits per heavy atom. The van der Waals surface area contributed by atoms with Crippen molar-refractivity contribution in [3.05, 3.63) is 0 Å². The van der Waals surface area contributed by atoms with E-state index in [9.17, 15) is 9.59 Å². The number of esters is 2. The highest BCUT2D eigenvalue weighted by molar-refractivity contribution is 6.37. The molecule has 0 bridgehead atoms. The number of cyclic esters (lactones) is 1. The summed E-state index contributed by atoms with van der Waals surface area (Å²) >= 11 is 0. The van der Waals surface area contributed by atoms with Crippen molar-refractivity contribution in [2.75, 3.05) is 6.61 Å². The predicted molar refractivity (Wildman–Crippen MR) is 116 cm³/mol. The molecule has 176 valence electrons. The van der Waals surface area contributed by atoms with Gasteiger partial charge in [-0.1, -0.05) is 38.8 Å². The van der Waals surface area contributed by atoms with Crippen LogP contribution in [0.25, 0.3) is 0 Å². The largest absolute Gasteiger partial charge is 0.461 e. The van der Waals surface area contributed by atoms with E-state index in [4.69, 9.17) is 19.0 Å². The second kappa shape index (κ2) is 11.3. The van der Waals surface area contributed by atoms with Gasteiger partial charge in [0.2, 0.25) is 6.29 Å². The molecule has 0 aromatic heterocycles. The maximum absolute atomic E-state index is 12.7. The Morgan fingerprint density at radius 3 is 2.58 bits per heavy atom. The van der Waals surface area contributed by atoms with Crippen molar-refractivity contribution in [1.29, 1.82) is 0 Å². The molecule has 0 unspecified atom stereocenters. The summed E-state index contributed by atoms with van der Waals surface area (Å²) < 4.78 is 17.2. The molecule has 3 fully saturated rings. The molecule has 7 heteroatoms. The lowest BCUT2D eigenvalue weighted by Crippen LogP contribution is -2.41. The lowest BCUT2D eigenvalue weighted by atomic mass is 9.75. The number of carbonyl (C=O) groups excluding carboxylic acids is 2. The monoisotopic (exact) mass is 437 g/mol. The van der Waals surface area contributed by atoms with Crippen molar-refractivity contribution in [2.45, 2.75) is 104 Å². The third kappa shape index (κ3) is 6.43. The smallest absolute Gasteiger partial charge is 0.356 e. The van der Waals surface area contributed by atoms with Gasteiger partial charge in [-0.25, -0.2) is 4.79 Å². The average Bonchev–Trinajstić information content (AvgIpc) is 3.08. The Hall–Kier alpha value is -1.63. The van der Waals surface area contributed by atoms with E-state index in [0.717, 1.165) is 38.5 Å². The summed E-state index contributed by atoms with van der Waals surface area (Å²) in [4.78, 5) is 30.7. The first-order valence-electron chi connectivity index (χ1n) is 12.1. The van der Waals surface area contributed by atoms with E-state index in [1.807, 2.05) is 0 Å². The molecule has 3 rings (SSSR count). The van der Waals surface area contributed by atoms with Gasteiger partial charge in [0, 0.05) is 0 Å². The summed E-state index contributed by atoms with van der Waals surface area (Å²) in [7, 11) is 0. The van der Waals surface area contributed by atoms with Crippen LogP contribution in [0.1, 0.15) is 85.5 Å². The van der Waals surface area contributed by atoms with Gasteiger partial charge < -0.3 is 19.0 Å². The highest BCUT2D eigenvalue weighted by Crippen LogP contribution is 2.38. The van der Waals surface area contributed by atoms with Crippen molar-refractivity contribution in [3.63, 3.8) is 0 Å². The number of hydrogen-bond donors (Lipinski definition) is 0. The topological polar surface area (TPSA) is 83.4 Å². The van der Waals surface area contributed by atoms with Crippen molar-refractivity contribution in [3.8, 4) is 0 Å². The SMILES string of the molecule is CCOC(=O)/C(=N\OC1CCCCC1)[C@@H]1CC(=O)O[C@H]1O[C@@H]1C[C@H](C)CC[C@H]1C(C)C. The Labute approximate surface area is 186 Å². The molecule has 1 saturated heterocycles. The van der Waals surface area contributed by atoms with Gasteiger partial charge in [0.25, 0.3) is 0 Å². The minimum absolute atomic E-state index is 0.0000772. The van der Waals surface area contributed by atoms with E-state index in [2.05, 4.69) is 25.9 Å². The van der Waals surface area contributed by atoms with Crippen LogP contribution >= 0.6 is 0 Å². The Balaban J connectivity index is 1.77. The molecular formula is C24H39NO6. The molecule has 31 heavy (non-hydrogen) atoms. The Kier molecular flexibility index (Phi) is 8.76. The second-order valence-corrected chi connectivity index (χ2v) is 9.73. The number of hydrogen-bond acceptors (Lipinski definition) is 7. The number of nitrogens with zero attached hydrogens (tertiary/aromatic N) is 1. The van der Waals surface area contributed by atoms with E-state index >= 15 is 0 Å². The predicted octanol–water partition coefficient (Wildman–Crippen LogP) is 4.62. The van der Waals surface area contributed by atoms with Gasteiger partial charge in [0.15, 0.2) is 5.71 Å². The van der Waals surface area contributed by atoms with Crippen molar-refractivity contribution in [1.82, 2.24) is 0 Å². The summed E-state index contributed by atoms with van der Waals surface area (Å²) in [5.41, 5.74) is 0.105. The third-order valence-corrected chi connectivity index (χ3v) is 6.92. The first-order valence-corrected chi connectivity index (χ1v) is 12.1. The molecular weight excluding hydrogens is 398 g/mol. The summed E-state index contributed by atoms with van der Waals surface area (Å²) in [6, 6.07) is 0. The van der Waals surface area contributed by atoms with Crippen LogP contribution in [0.3, 0.4) is 0 Å². The molecule has 5 atom stereocenters. The maximum atomic E-state index is 12.7. The molecule has 2 aliphatic carbocycles. The van der Waals surface area contributed by atoms with Gasteiger partial charge in [-0.15, -0.1) is 0 Å². The van der Waals surface area contributed by atoms with Gasteiger partial charge >= 0.3 is 11.9 Å². The molecule has 1 aliphatic heterocycles. The summed E-state index contributed by atoms with van der Waals surface area (Å²) in [6.45, 7) is 8.62. The van der Waals surface area contributed by atoms with E-state index < -0.39 is 18.2 Å². The van der Waals surface area contributed by atoms with Crippen LogP contribution < -0.4 is 0 Å². The van der Waals surface area contributed by atoms with E-state index in [-0.39, 0.29) is 36.9 Å². The lowest BCUT2D eigenvalue weighted by Gasteiger charge is -2.38. The summed E-state index contributed by atoms with van der Waals surface area (Å²) in [5.74, 6) is -0.121. The normalized spacial score (nSPS) is 32.7. The minimum atomic E-state index is -0.831. The van der Waals surface area contributed by atoms with Crippen LogP contribution in [0.5, 0.6) is 0 Å². The van der Waals surface area contributed by atoms with Gasteiger partial charge in [0.1, 0.15) is 6.10 Å². The van der Waals surface area contributed by atoms with E-state index in [1.54, 1.807) is 6.92 Å². The molecule has 1 heterocycles. The lowest BCUT2D eigenvalue weighted by molar-refractivity contribution is -0.191. The molecule has 7 nitrogen and oxygen atoms in total. The molecule has 0 aromatic carbocycles. The zero-order chi connectivity index (χ0) is 22.4. The fraction of sp³-hybridized carbons (Fsp3) is 0.875. The van der Waals surface area contributed by atoms with Crippen molar-refractivity contribution >= 4 is 17.7 Å². The Morgan fingerprint density at radius 2 is 1.90 bits per heavy atom. The molecule has 3 aliphatic rings. The van der Waals surface area contributed by atoms with E-state index in [0.29, 0.717) is 17.8 Å². The number of carbonyl (C=O) groups is 2. The highest BCUT2D eigenvalue weighted by atomic mass is 16.7. The number of rotatable bonds is 8. The van der Waals surface area contributed by atoms with Gasteiger partial charge in [-0.05, 0) is 63.2 Å². The van der Waals surface area contributed by atoms with Crippen molar-refractivity contribution in [2.24, 2.45) is 28.8 Å². The molecule has 0 N–H and O–H groups in total. The van der Waals surface area contributed by atoms with E-state index in [1.165, 1.54) is 12.8 Å². The van der Waals surface area contributed by atoms with Crippen LogP contribution in [-0.2, 0) is 28.6 Å². The molecule has 0 radical (unpaired) electrons. The van der Waals surface area contributed by atoms with Gasteiger partial charge in [0.05, 0.1) is 25.0 Å². The fourth-order valence-electron chi connectivity index (χ4n) is 5.09. The number of ether oxygens (including phenoxy) is 3. The zero-order valence-corrected chi connectivity index (χ0v) is 19.5. The van der Waals surface area contributed by atoms with Crippen LogP contribution in [0.2, 0.25) is 0 Å². The maximum Gasteiger partial charge on any atom is 0.356 e. The standard InChI is InChI=1S/C24H39NO6/c1-5-28-23(27)22(25-31-17-9-7-6-8-10-17)19-14-21(26)30-24(19)29-20-13-16(4)11-12-18(20)15(2)3/h15-20,24H,5-14H2,1-4H3/b25-22-/t16-,18+,19+,20-,24-/m1/s1. The van der Waals surface area contributed by atoms with Crippen LogP contribution in [-0.4, -0.2) is 42.8 Å². The third-order valence-electron chi connectivity index (χ3n) is 6.92. The zero-order valence-electron chi connectivity index (χ0n) is 19.5.